The minimum atomic E-state index is -0.369. The summed E-state index contributed by atoms with van der Waals surface area (Å²) in [5.41, 5.74) is 7.01. The molecule has 0 saturated carbocycles. The second kappa shape index (κ2) is 8.22. The molecule has 0 aliphatic heterocycles. The lowest BCUT2D eigenvalue weighted by Gasteiger charge is -2.16. The van der Waals surface area contributed by atoms with Crippen molar-refractivity contribution in [2.45, 2.75) is 26.8 Å². The molecule has 0 saturated heterocycles. The number of fused-ring (bicyclic) bond motifs is 1. The average molecular weight is 447 g/mol. The number of nitrogens with two attached hydrogens (primary N) is 1. The molecule has 0 bridgehead atoms. The predicted octanol–water partition coefficient (Wildman–Crippen LogP) is 1.15. The van der Waals surface area contributed by atoms with Gasteiger partial charge in [-0.1, -0.05) is 0 Å². The molecule has 0 aromatic carbocycles. The summed E-state index contributed by atoms with van der Waals surface area (Å²) in [7, 11) is 0. The maximum Gasteiger partial charge on any atom is 0.302 e. The molecule has 0 amide bonds. The Kier molecular flexibility index (Phi) is 6.29. The minimum Gasteiger partial charge on any atom is -0.465 e. The van der Waals surface area contributed by atoms with E-state index in [1.54, 1.807) is 6.33 Å². The first-order valence-electron chi connectivity index (χ1n) is 7.27. The van der Waals surface area contributed by atoms with Gasteiger partial charge in [0.25, 0.3) is 0 Å². The second-order valence-corrected chi connectivity index (χ2v) is 6.26. The zero-order valence-corrected chi connectivity index (χ0v) is 15.5. The van der Waals surface area contributed by atoms with Crippen LogP contribution in [0.5, 0.6) is 0 Å². The van der Waals surface area contributed by atoms with E-state index in [1.807, 2.05) is 4.57 Å². The van der Waals surface area contributed by atoms with Gasteiger partial charge >= 0.3 is 11.9 Å². The van der Waals surface area contributed by atoms with Crippen LogP contribution in [-0.4, -0.2) is 44.7 Å². The number of nitrogens with zero attached hydrogens (tertiary/aromatic N) is 4. The van der Waals surface area contributed by atoms with Gasteiger partial charge in [-0.3, -0.25) is 9.59 Å². The summed E-state index contributed by atoms with van der Waals surface area (Å²) in [4.78, 5) is 34.6. The highest BCUT2D eigenvalue weighted by molar-refractivity contribution is 14.1. The maximum absolute atomic E-state index is 11.0. The number of ether oxygens (including phenoxy) is 2. The third-order valence-electron chi connectivity index (χ3n) is 3.26. The van der Waals surface area contributed by atoms with Crippen LogP contribution in [-0.2, 0) is 25.6 Å². The number of aromatic nitrogens is 4. The molecule has 9 nitrogen and oxygen atoms in total. The lowest BCUT2D eigenvalue weighted by Crippen LogP contribution is -2.21. The molecule has 0 atom stereocenters. The van der Waals surface area contributed by atoms with E-state index in [0.29, 0.717) is 27.8 Å². The molecule has 0 aliphatic carbocycles. The smallest absolute Gasteiger partial charge is 0.302 e. The van der Waals surface area contributed by atoms with Crippen molar-refractivity contribution in [3.8, 4) is 0 Å². The Morgan fingerprint density at radius 1 is 1.25 bits per heavy atom. The minimum absolute atomic E-state index is 0.117. The Labute approximate surface area is 152 Å². The Morgan fingerprint density at radius 3 is 2.46 bits per heavy atom. The third-order valence-corrected chi connectivity index (χ3v) is 4.01. The Hall–Kier alpha value is -1.98. The molecule has 10 heteroatoms. The molecule has 2 aromatic heterocycles. The van der Waals surface area contributed by atoms with E-state index in [9.17, 15) is 9.59 Å². The number of carbonyl (C=O) groups is 2. The normalized spacial score (nSPS) is 11.0. The van der Waals surface area contributed by atoms with E-state index < -0.39 is 0 Å². The SMILES string of the molecule is CC(=O)OCC(CCn1cnc2c(I)nc(N)nc21)COC(C)=O. The van der Waals surface area contributed by atoms with Crippen molar-refractivity contribution in [1.82, 2.24) is 19.5 Å². The standard InChI is InChI=1S/C14H18IN5O4/c1-8(21)23-5-10(6-24-9(2)22)3-4-20-7-17-11-12(15)18-14(16)19-13(11)20/h7,10H,3-6H2,1-2H3,(H2,16,18,19). The molecule has 2 aromatic rings. The van der Waals surface area contributed by atoms with Gasteiger partial charge in [-0.2, -0.15) is 4.98 Å². The first-order valence-corrected chi connectivity index (χ1v) is 8.35. The third kappa shape index (κ3) is 5.01. The fourth-order valence-electron chi connectivity index (χ4n) is 2.10. The largest absolute Gasteiger partial charge is 0.465 e. The van der Waals surface area contributed by atoms with Crippen molar-refractivity contribution in [2.75, 3.05) is 18.9 Å². The van der Waals surface area contributed by atoms with Crippen LogP contribution >= 0.6 is 22.6 Å². The lowest BCUT2D eigenvalue weighted by atomic mass is 10.1. The Bertz CT molecular complexity index is 730. The zero-order valence-electron chi connectivity index (χ0n) is 13.4. The molecule has 2 N–H and O–H groups in total. The van der Waals surface area contributed by atoms with Crippen LogP contribution in [0.15, 0.2) is 6.33 Å². The van der Waals surface area contributed by atoms with Crippen molar-refractivity contribution in [1.29, 1.82) is 0 Å². The van der Waals surface area contributed by atoms with Crippen molar-refractivity contribution in [3.63, 3.8) is 0 Å². The second-order valence-electron chi connectivity index (χ2n) is 5.24. The van der Waals surface area contributed by atoms with Crippen LogP contribution in [0.25, 0.3) is 11.2 Å². The number of aryl methyl sites for hydroxylation is 1. The predicted molar refractivity (Wildman–Crippen MR) is 93.8 cm³/mol. The molecule has 0 spiro atoms. The first-order chi connectivity index (χ1) is 11.4. The van der Waals surface area contributed by atoms with E-state index in [2.05, 4.69) is 37.5 Å². The fourth-order valence-corrected chi connectivity index (χ4v) is 2.72. The van der Waals surface area contributed by atoms with Gasteiger partial charge in [0.05, 0.1) is 19.5 Å². The molecular weight excluding hydrogens is 429 g/mol. The van der Waals surface area contributed by atoms with E-state index in [1.165, 1.54) is 13.8 Å². The number of rotatable bonds is 7. The number of hydrogen-bond acceptors (Lipinski definition) is 8. The summed E-state index contributed by atoms with van der Waals surface area (Å²) in [5, 5.41) is 0. The van der Waals surface area contributed by atoms with Gasteiger partial charge < -0.3 is 19.8 Å². The van der Waals surface area contributed by atoms with E-state index in [4.69, 9.17) is 15.2 Å². The number of imidazole rings is 1. The van der Waals surface area contributed by atoms with Crippen LogP contribution < -0.4 is 5.73 Å². The molecule has 0 fully saturated rings. The maximum atomic E-state index is 11.0. The highest BCUT2D eigenvalue weighted by atomic mass is 127. The van der Waals surface area contributed by atoms with E-state index in [0.717, 1.165) is 0 Å². The molecule has 0 radical (unpaired) electrons. The highest BCUT2D eigenvalue weighted by Crippen LogP contribution is 2.18. The molecule has 130 valence electrons. The topological polar surface area (TPSA) is 122 Å². The van der Waals surface area contributed by atoms with E-state index in [-0.39, 0.29) is 37.0 Å². The number of esters is 2. The molecule has 2 rings (SSSR count). The number of anilines is 1. The molecule has 2 heterocycles. The van der Waals surface area contributed by atoms with Crippen molar-refractivity contribution >= 4 is 51.6 Å². The summed E-state index contributed by atoms with van der Waals surface area (Å²) in [5.74, 6) is -0.671. The quantitative estimate of drug-likeness (QED) is 0.381. The van der Waals surface area contributed by atoms with Crippen LogP contribution in [0.3, 0.4) is 0 Å². The molecule has 0 aliphatic rings. The van der Waals surface area contributed by atoms with Gasteiger partial charge in [-0.25, -0.2) is 9.97 Å². The molecular formula is C14H18IN5O4. The van der Waals surface area contributed by atoms with Crippen LogP contribution in [0, 0.1) is 9.62 Å². The number of carbonyl (C=O) groups excluding carboxylic acids is 2. The van der Waals surface area contributed by atoms with E-state index >= 15 is 0 Å². The van der Waals surface area contributed by atoms with Gasteiger partial charge in [0.2, 0.25) is 5.95 Å². The van der Waals surface area contributed by atoms with Gasteiger partial charge in [0, 0.05) is 26.3 Å². The lowest BCUT2D eigenvalue weighted by molar-refractivity contribution is -0.146. The summed E-state index contributed by atoms with van der Waals surface area (Å²) in [6, 6.07) is 0. The van der Waals surface area contributed by atoms with Gasteiger partial charge in [0.1, 0.15) is 9.22 Å². The van der Waals surface area contributed by atoms with Crippen LogP contribution in [0.2, 0.25) is 0 Å². The van der Waals surface area contributed by atoms with Crippen molar-refractivity contribution in [3.05, 3.63) is 10.0 Å². The Morgan fingerprint density at radius 2 is 1.88 bits per heavy atom. The van der Waals surface area contributed by atoms with Gasteiger partial charge in [0.15, 0.2) is 5.65 Å². The summed E-state index contributed by atoms with van der Waals surface area (Å²) in [6.07, 6.45) is 2.28. The van der Waals surface area contributed by atoms with Gasteiger partial charge in [-0.15, -0.1) is 0 Å². The average Bonchev–Trinajstić information content (AvgIpc) is 2.89. The highest BCUT2D eigenvalue weighted by Gasteiger charge is 2.15. The summed E-state index contributed by atoms with van der Waals surface area (Å²) >= 11 is 2.06. The molecule has 24 heavy (non-hydrogen) atoms. The van der Waals surface area contributed by atoms with Crippen molar-refractivity contribution in [2.24, 2.45) is 5.92 Å². The number of halogens is 1. The zero-order chi connectivity index (χ0) is 17.7. The number of nitrogen functional groups attached to an aromatic ring is 1. The fraction of sp³-hybridized carbons (Fsp3) is 0.500. The Balaban J connectivity index is 2.07. The molecule has 0 unspecified atom stereocenters. The summed E-state index contributed by atoms with van der Waals surface area (Å²) < 4.78 is 12.6. The number of hydrogen-bond donors (Lipinski definition) is 1. The van der Waals surface area contributed by atoms with Crippen molar-refractivity contribution < 1.29 is 19.1 Å². The first kappa shape index (κ1) is 18.4. The summed E-state index contributed by atoms with van der Waals surface area (Å²) in [6.45, 7) is 3.62. The van der Waals surface area contributed by atoms with Gasteiger partial charge in [-0.05, 0) is 29.0 Å². The van der Waals surface area contributed by atoms with Crippen LogP contribution in [0.1, 0.15) is 20.3 Å². The van der Waals surface area contributed by atoms with Crippen LogP contribution in [0.4, 0.5) is 5.95 Å². The monoisotopic (exact) mass is 447 g/mol.